The average Bonchev–Trinajstić information content (AvgIpc) is 3.11. The summed E-state index contributed by atoms with van der Waals surface area (Å²) < 4.78 is 0. The monoisotopic (exact) mass is 316 g/mol. The largest absolute Gasteiger partial charge is 0.338 e. The topological polar surface area (TPSA) is 33.2 Å². The van der Waals surface area contributed by atoms with Crippen LogP contribution in [0, 0.1) is 6.92 Å². The lowest BCUT2D eigenvalue weighted by molar-refractivity contribution is 0.0792. The van der Waals surface area contributed by atoms with Gasteiger partial charge in [0.2, 0.25) is 0 Å². The van der Waals surface area contributed by atoms with Gasteiger partial charge in [-0.2, -0.15) is 0 Å². The first-order valence-corrected chi connectivity index (χ1v) is 8.43. The van der Waals surface area contributed by atoms with Crippen molar-refractivity contribution in [1.82, 2.24) is 9.88 Å². The van der Waals surface area contributed by atoms with Gasteiger partial charge in [-0.25, -0.2) is 0 Å². The number of benzene rings is 2. The number of carbonyl (C=O) groups is 1. The fourth-order valence-corrected chi connectivity index (χ4v) is 3.60. The second kappa shape index (κ2) is 6.08. The minimum atomic E-state index is 0.120. The Morgan fingerprint density at radius 2 is 1.83 bits per heavy atom. The lowest BCUT2D eigenvalue weighted by Crippen LogP contribution is -2.28. The summed E-state index contributed by atoms with van der Waals surface area (Å²) in [7, 11) is 0. The molecule has 1 atom stereocenters. The van der Waals surface area contributed by atoms with Gasteiger partial charge in [-0.05, 0) is 31.0 Å². The third-order valence-electron chi connectivity index (χ3n) is 4.82. The van der Waals surface area contributed by atoms with Gasteiger partial charge in [0.05, 0.1) is 11.1 Å². The maximum absolute atomic E-state index is 13.1. The molecular weight excluding hydrogens is 296 g/mol. The molecule has 3 aromatic rings. The minimum Gasteiger partial charge on any atom is -0.338 e. The molecule has 1 aromatic heterocycles. The summed E-state index contributed by atoms with van der Waals surface area (Å²) in [4.78, 5) is 19.6. The Bertz CT molecular complexity index is 889. The van der Waals surface area contributed by atoms with Crippen molar-refractivity contribution in [3.8, 4) is 0 Å². The van der Waals surface area contributed by atoms with Crippen molar-refractivity contribution in [2.45, 2.75) is 19.3 Å². The Kier molecular flexibility index (Phi) is 3.77. The summed E-state index contributed by atoms with van der Waals surface area (Å²) in [5.74, 6) is 0.555. The van der Waals surface area contributed by atoms with Crippen LogP contribution in [0.5, 0.6) is 0 Å². The lowest BCUT2D eigenvalue weighted by atomic mass is 9.99. The summed E-state index contributed by atoms with van der Waals surface area (Å²) in [6.07, 6.45) is 1.03. The molecule has 1 aliphatic heterocycles. The molecular formula is C21H20N2O. The molecule has 4 rings (SSSR count). The van der Waals surface area contributed by atoms with E-state index in [1.807, 2.05) is 48.2 Å². The number of aromatic nitrogens is 1. The molecule has 1 fully saturated rings. The number of hydrogen-bond donors (Lipinski definition) is 0. The number of hydrogen-bond acceptors (Lipinski definition) is 2. The maximum Gasteiger partial charge on any atom is 0.254 e. The standard InChI is InChI=1S/C21H20N2O/c1-15-13-19(18-9-5-6-10-20(18)22-15)21(24)23-12-11-17(14-23)16-7-3-2-4-8-16/h2-10,13,17H,11-12,14H2,1H3. The number of rotatable bonds is 2. The molecule has 0 bridgehead atoms. The Morgan fingerprint density at radius 1 is 1.08 bits per heavy atom. The van der Waals surface area contributed by atoms with Crippen molar-refractivity contribution in [3.05, 3.63) is 77.5 Å². The zero-order valence-corrected chi connectivity index (χ0v) is 13.8. The van der Waals surface area contributed by atoms with E-state index < -0.39 is 0 Å². The SMILES string of the molecule is Cc1cc(C(=O)N2CCC(c3ccccc3)C2)c2ccccc2n1. The molecule has 1 unspecified atom stereocenters. The molecule has 1 aliphatic rings. The summed E-state index contributed by atoms with van der Waals surface area (Å²) in [5.41, 5.74) is 3.87. The van der Waals surface area contributed by atoms with Gasteiger partial charge < -0.3 is 4.90 Å². The van der Waals surface area contributed by atoms with Crippen LogP contribution in [0.1, 0.15) is 34.0 Å². The Balaban J connectivity index is 1.63. The molecule has 0 radical (unpaired) electrons. The number of fused-ring (bicyclic) bond motifs is 1. The molecule has 120 valence electrons. The van der Waals surface area contributed by atoms with Gasteiger partial charge in [-0.3, -0.25) is 9.78 Å². The molecule has 24 heavy (non-hydrogen) atoms. The number of pyridine rings is 1. The van der Waals surface area contributed by atoms with Crippen LogP contribution in [-0.2, 0) is 0 Å². The number of likely N-dealkylation sites (tertiary alicyclic amines) is 1. The quantitative estimate of drug-likeness (QED) is 0.711. The Labute approximate surface area is 141 Å². The van der Waals surface area contributed by atoms with Gasteiger partial charge in [-0.15, -0.1) is 0 Å². The first-order valence-electron chi connectivity index (χ1n) is 8.43. The average molecular weight is 316 g/mol. The van der Waals surface area contributed by atoms with Crippen molar-refractivity contribution in [2.75, 3.05) is 13.1 Å². The molecule has 0 N–H and O–H groups in total. The van der Waals surface area contributed by atoms with Crippen molar-refractivity contribution in [2.24, 2.45) is 0 Å². The summed E-state index contributed by atoms with van der Waals surface area (Å²) in [6.45, 7) is 3.55. The van der Waals surface area contributed by atoms with Crippen LogP contribution >= 0.6 is 0 Å². The van der Waals surface area contributed by atoms with Gasteiger partial charge in [0.25, 0.3) is 5.91 Å². The molecule has 0 saturated carbocycles. The predicted octanol–water partition coefficient (Wildman–Crippen LogP) is 4.17. The van der Waals surface area contributed by atoms with E-state index in [9.17, 15) is 4.79 Å². The third kappa shape index (κ3) is 2.67. The summed E-state index contributed by atoms with van der Waals surface area (Å²) in [6, 6.07) is 20.3. The first kappa shape index (κ1) is 14.9. The predicted molar refractivity (Wildman–Crippen MR) is 96.2 cm³/mol. The second-order valence-corrected chi connectivity index (χ2v) is 6.48. The zero-order valence-electron chi connectivity index (χ0n) is 13.8. The van der Waals surface area contributed by atoms with Gasteiger partial charge in [0.1, 0.15) is 0 Å². The molecule has 1 amide bonds. The lowest BCUT2D eigenvalue weighted by Gasteiger charge is -2.18. The maximum atomic E-state index is 13.1. The van der Waals surface area contributed by atoms with Crippen LogP contribution < -0.4 is 0 Å². The number of amides is 1. The van der Waals surface area contributed by atoms with E-state index in [4.69, 9.17) is 0 Å². The highest BCUT2D eigenvalue weighted by molar-refractivity contribution is 6.06. The Morgan fingerprint density at radius 3 is 2.67 bits per heavy atom. The van der Waals surface area contributed by atoms with E-state index in [1.165, 1.54) is 5.56 Å². The second-order valence-electron chi connectivity index (χ2n) is 6.48. The van der Waals surface area contributed by atoms with Gasteiger partial charge in [0.15, 0.2) is 0 Å². The highest BCUT2D eigenvalue weighted by atomic mass is 16.2. The summed E-state index contributed by atoms with van der Waals surface area (Å²) >= 11 is 0. The van der Waals surface area contributed by atoms with E-state index in [0.717, 1.165) is 41.7 Å². The molecule has 3 heteroatoms. The van der Waals surface area contributed by atoms with Gasteiger partial charge in [0, 0.05) is 30.1 Å². The highest BCUT2D eigenvalue weighted by Crippen LogP contribution is 2.29. The Hall–Kier alpha value is -2.68. The molecule has 2 heterocycles. The van der Waals surface area contributed by atoms with Gasteiger partial charge in [-0.1, -0.05) is 48.5 Å². The van der Waals surface area contributed by atoms with E-state index in [0.29, 0.717) is 5.92 Å². The van der Waals surface area contributed by atoms with Crippen molar-refractivity contribution in [1.29, 1.82) is 0 Å². The van der Waals surface area contributed by atoms with Crippen LogP contribution in [0.2, 0.25) is 0 Å². The molecule has 0 spiro atoms. The van der Waals surface area contributed by atoms with Crippen molar-refractivity contribution >= 4 is 16.8 Å². The smallest absolute Gasteiger partial charge is 0.254 e. The molecule has 1 saturated heterocycles. The summed E-state index contributed by atoms with van der Waals surface area (Å²) in [5, 5.41) is 0.941. The highest BCUT2D eigenvalue weighted by Gasteiger charge is 2.28. The van der Waals surface area contributed by atoms with Crippen LogP contribution in [0.4, 0.5) is 0 Å². The number of aryl methyl sites for hydroxylation is 1. The van der Waals surface area contributed by atoms with Crippen molar-refractivity contribution in [3.63, 3.8) is 0 Å². The van der Waals surface area contributed by atoms with Crippen LogP contribution in [0.25, 0.3) is 10.9 Å². The number of para-hydroxylation sites is 1. The normalized spacial score (nSPS) is 17.4. The van der Waals surface area contributed by atoms with Gasteiger partial charge >= 0.3 is 0 Å². The fraction of sp³-hybridized carbons (Fsp3) is 0.238. The zero-order chi connectivity index (χ0) is 16.5. The third-order valence-corrected chi connectivity index (χ3v) is 4.82. The van der Waals surface area contributed by atoms with E-state index in [2.05, 4.69) is 29.2 Å². The van der Waals surface area contributed by atoms with E-state index in [-0.39, 0.29) is 5.91 Å². The molecule has 0 aliphatic carbocycles. The molecule has 2 aromatic carbocycles. The van der Waals surface area contributed by atoms with Crippen molar-refractivity contribution < 1.29 is 4.79 Å². The van der Waals surface area contributed by atoms with Crippen LogP contribution in [0.15, 0.2) is 60.7 Å². The first-order chi connectivity index (χ1) is 11.7. The van der Waals surface area contributed by atoms with Crippen LogP contribution in [-0.4, -0.2) is 28.9 Å². The molecule has 3 nitrogen and oxygen atoms in total. The van der Waals surface area contributed by atoms with E-state index in [1.54, 1.807) is 0 Å². The van der Waals surface area contributed by atoms with E-state index >= 15 is 0 Å². The fourth-order valence-electron chi connectivity index (χ4n) is 3.60. The van der Waals surface area contributed by atoms with Crippen LogP contribution in [0.3, 0.4) is 0 Å². The minimum absolute atomic E-state index is 0.120. The number of nitrogens with zero attached hydrogens (tertiary/aromatic N) is 2. The number of carbonyl (C=O) groups excluding carboxylic acids is 1.